The van der Waals surface area contributed by atoms with Gasteiger partial charge >= 0.3 is 0 Å². The van der Waals surface area contributed by atoms with Crippen LogP contribution in [0.2, 0.25) is 0 Å². The molecule has 4 aromatic rings. The molecule has 30 heavy (non-hydrogen) atoms. The summed E-state index contributed by atoms with van der Waals surface area (Å²) >= 11 is 1.49. The Bertz CT molecular complexity index is 1230. The van der Waals surface area contributed by atoms with E-state index in [1.54, 1.807) is 48.8 Å². The van der Waals surface area contributed by atoms with Crippen LogP contribution in [-0.4, -0.2) is 15.9 Å². The van der Waals surface area contributed by atoms with Gasteiger partial charge < -0.3 is 10.6 Å². The molecule has 0 fully saturated rings. The SMILES string of the molecule is Cc1ccc(C(=O)Nc2ccc(C#N)cc2)cc1Nc1nc(-c2cccnc2)cs1. The van der Waals surface area contributed by atoms with Crippen LogP contribution in [-0.2, 0) is 0 Å². The molecule has 2 N–H and O–H groups in total. The maximum absolute atomic E-state index is 12.6. The summed E-state index contributed by atoms with van der Waals surface area (Å²) < 4.78 is 0. The second-order valence-electron chi connectivity index (χ2n) is 6.58. The van der Waals surface area contributed by atoms with Crippen molar-refractivity contribution in [3.8, 4) is 17.3 Å². The molecule has 0 saturated carbocycles. The third-order valence-electron chi connectivity index (χ3n) is 4.47. The van der Waals surface area contributed by atoms with Gasteiger partial charge in [0.1, 0.15) is 0 Å². The van der Waals surface area contributed by atoms with E-state index in [0.29, 0.717) is 16.8 Å². The van der Waals surface area contributed by atoms with Crippen LogP contribution in [0, 0.1) is 18.3 Å². The highest BCUT2D eigenvalue weighted by Gasteiger charge is 2.11. The van der Waals surface area contributed by atoms with Gasteiger partial charge in [0.15, 0.2) is 5.13 Å². The molecule has 1 amide bonds. The Hall–Kier alpha value is -4.02. The molecule has 0 atom stereocenters. The van der Waals surface area contributed by atoms with Crippen LogP contribution in [0.1, 0.15) is 21.5 Å². The quantitative estimate of drug-likeness (QED) is 0.460. The number of carbonyl (C=O) groups excluding carboxylic acids is 1. The number of aryl methyl sites for hydroxylation is 1. The number of hydrogen-bond acceptors (Lipinski definition) is 6. The molecule has 0 saturated heterocycles. The molecule has 0 aliphatic heterocycles. The fourth-order valence-electron chi connectivity index (χ4n) is 2.82. The van der Waals surface area contributed by atoms with Gasteiger partial charge in [0.2, 0.25) is 0 Å². The second-order valence-corrected chi connectivity index (χ2v) is 7.44. The number of thiazole rings is 1. The van der Waals surface area contributed by atoms with Gasteiger partial charge in [-0.3, -0.25) is 9.78 Å². The van der Waals surface area contributed by atoms with Crippen LogP contribution >= 0.6 is 11.3 Å². The Morgan fingerprint density at radius 3 is 2.70 bits per heavy atom. The highest BCUT2D eigenvalue weighted by Crippen LogP contribution is 2.28. The van der Waals surface area contributed by atoms with Crippen molar-refractivity contribution in [2.75, 3.05) is 10.6 Å². The fourth-order valence-corrected chi connectivity index (χ4v) is 3.55. The van der Waals surface area contributed by atoms with Crippen LogP contribution in [0.25, 0.3) is 11.3 Å². The number of nitriles is 1. The van der Waals surface area contributed by atoms with E-state index in [0.717, 1.165) is 27.6 Å². The molecule has 0 bridgehead atoms. The molecule has 0 radical (unpaired) electrons. The first-order valence-corrected chi connectivity index (χ1v) is 10.1. The lowest BCUT2D eigenvalue weighted by Crippen LogP contribution is -2.12. The fraction of sp³-hybridized carbons (Fsp3) is 0.0435. The third kappa shape index (κ3) is 4.35. The Kier molecular flexibility index (Phi) is 5.50. The first kappa shape index (κ1) is 19.3. The van der Waals surface area contributed by atoms with E-state index >= 15 is 0 Å². The van der Waals surface area contributed by atoms with Gasteiger partial charge in [-0.15, -0.1) is 11.3 Å². The topological polar surface area (TPSA) is 90.7 Å². The number of rotatable bonds is 5. The summed E-state index contributed by atoms with van der Waals surface area (Å²) in [5.74, 6) is -0.224. The summed E-state index contributed by atoms with van der Waals surface area (Å²) in [5.41, 5.74) is 5.32. The van der Waals surface area contributed by atoms with E-state index in [9.17, 15) is 4.79 Å². The lowest BCUT2D eigenvalue weighted by Gasteiger charge is -2.10. The summed E-state index contributed by atoms with van der Waals surface area (Å²) in [5, 5.41) is 17.7. The van der Waals surface area contributed by atoms with Crippen LogP contribution < -0.4 is 10.6 Å². The van der Waals surface area contributed by atoms with E-state index < -0.39 is 0 Å². The predicted octanol–water partition coefficient (Wildman–Crippen LogP) is 5.38. The molecule has 2 aromatic heterocycles. The molecule has 4 rings (SSSR count). The molecule has 0 unspecified atom stereocenters. The predicted molar refractivity (Wildman–Crippen MR) is 119 cm³/mol. The molecule has 7 heteroatoms. The number of nitrogens with zero attached hydrogens (tertiary/aromatic N) is 3. The van der Waals surface area contributed by atoms with Crippen LogP contribution in [0.15, 0.2) is 72.4 Å². The molecule has 0 spiro atoms. The summed E-state index contributed by atoms with van der Waals surface area (Å²) in [7, 11) is 0. The Morgan fingerprint density at radius 1 is 1.13 bits per heavy atom. The standard InChI is InChI=1S/C23H17N5OS/c1-15-4-7-17(22(29)26-19-8-5-16(12-24)6-9-19)11-20(15)27-23-28-21(14-30-23)18-3-2-10-25-13-18/h2-11,13-14H,1H3,(H,26,29)(H,27,28). The molecule has 2 heterocycles. The van der Waals surface area contributed by atoms with Crippen molar-refractivity contribution in [2.24, 2.45) is 0 Å². The largest absolute Gasteiger partial charge is 0.331 e. The molecule has 2 aromatic carbocycles. The Balaban J connectivity index is 1.51. The lowest BCUT2D eigenvalue weighted by molar-refractivity contribution is 0.102. The van der Waals surface area contributed by atoms with E-state index in [2.05, 4.69) is 26.7 Å². The second kappa shape index (κ2) is 8.55. The van der Waals surface area contributed by atoms with Crippen molar-refractivity contribution in [3.05, 3.63) is 89.1 Å². The minimum atomic E-state index is -0.224. The lowest BCUT2D eigenvalue weighted by atomic mass is 10.1. The highest BCUT2D eigenvalue weighted by atomic mass is 32.1. The van der Waals surface area contributed by atoms with Crippen LogP contribution in [0.4, 0.5) is 16.5 Å². The third-order valence-corrected chi connectivity index (χ3v) is 5.23. The monoisotopic (exact) mass is 411 g/mol. The summed E-state index contributed by atoms with van der Waals surface area (Å²) in [6, 6.07) is 18.1. The van der Waals surface area contributed by atoms with Crippen molar-refractivity contribution >= 4 is 33.8 Å². The van der Waals surface area contributed by atoms with E-state index in [-0.39, 0.29) is 5.91 Å². The van der Waals surface area contributed by atoms with Crippen molar-refractivity contribution in [3.63, 3.8) is 0 Å². The van der Waals surface area contributed by atoms with Gasteiger partial charge in [0.25, 0.3) is 5.91 Å². The number of pyridine rings is 1. The average Bonchev–Trinajstić information content (AvgIpc) is 3.25. The van der Waals surface area contributed by atoms with E-state index in [1.165, 1.54) is 11.3 Å². The van der Waals surface area contributed by atoms with Crippen molar-refractivity contribution in [2.45, 2.75) is 6.92 Å². The maximum atomic E-state index is 12.6. The maximum Gasteiger partial charge on any atom is 0.255 e. The van der Waals surface area contributed by atoms with Gasteiger partial charge in [0.05, 0.1) is 17.3 Å². The van der Waals surface area contributed by atoms with Gasteiger partial charge in [-0.1, -0.05) is 6.07 Å². The first-order valence-electron chi connectivity index (χ1n) is 9.17. The number of carbonyl (C=O) groups is 1. The van der Waals surface area contributed by atoms with Gasteiger partial charge in [-0.25, -0.2) is 4.98 Å². The molecular formula is C23H17N5OS. The first-order chi connectivity index (χ1) is 14.6. The number of amides is 1. The van der Waals surface area contributed by atoms with Crippen LogP contribution in [0.5, 0.6) is 0 Å². The normalized spacial score (nSPS) is 10.3. The number of nitrogens with one attached hydrogen (secondary N) is 2. The highest BCUT2D eigenvalue weighted by molar-refractivity contribution is 7.14. The van der Waals surface area contributed by atoms with E-state index in [4.69, 9.17) is 5.26 Å². The zero-order valence-electron chi connectivity index (χ0n) is 16.1. The van der Waals surface area contributed by atoms with Crippen molar-refractivity contribution in [1.29, 1.82) is 5.26 Å². The van der Waals surface area contributed by atoms with Crippen molar-refractivity contribution in [1.82, 2.24) is 9.97 Å². The molecule has 0 aliphatic carbocycles. The summed E-state index contributed by atoms with van der Waals surface area (Å²) in [6.45, 7) is 1.97. The summed E-state index contributed by atoms with van der Waals surface area (Å²) in [4.78, 5) is 21.4. The van der Waals surface area contributed by atoms with E-state index in [1.807, 2.05) is 30.5 Å². The zero-order chi connectivity index (χ0) is 20.9. The molecule has 6 nitrogen and oxygen atoms in total. The Labute approximate surface area is 177 Å². The molecule has 146 valence electrons. The summed E-state index contributed by atoms with van der Waals surface area (Å²) in [6.07, 6.45) is 3.50. The minimum absolute atomic E-state index is 0.224. The average molecular weight is 411 g/mol. The van der Waals surface area contributed by atoms with Gasteiger partial charge in [-0.2, -0.15) is 5.26 Å². The van der Waals surface area contributed by atoms with Gasteiger partial charge in [0, 0.05) is 40.3 Å². The number of benzene rings is 2. The van der Waals surface area contributed by atoms with Crippen LogP contribution in [0.3, 0.4) is 0 Å². The molecular weight excluding hydrogens is 394 g/mol. The number of hydrogen-bond donors (Lipinski definition) is 2. The number of aromatic nitrogens is 2. The number of anilines is 3. The van der Waals surface area contributed by atoms with Gasteiger partial charge in [-0.05, 0) is 61.0 Å². The molecule has 0 aliphatic rings. The Morgan fingerprint density at radius 2 is 1.97 bits per heavy atom. The minimum Gasteiger partial charge on any atom is -0.331 e. The smallest absolute Gasteiger partial charge is 0.255 e. The zero-order valence-corrected chi connectivity index (χ0v) is 16.9. The van der Waals surface area contributed by atoms with Crippen molar-refractivity contribution < 1.29 is 4.79 Å².